The molecule has 4 nitrogen and oxygen atoms in total. The van der Waals surface area contributed by atoms with Crippen molar-refractivity contribution < 1.29 is 8.42 Å². The highest BCUT2D eigenvalue weighted by molar-refractivity contribution is 7.92. The van der Waals surface area contributed by atoms with E-state index in [1.807, 2.05) is 6.07 Å². The van der Waals surface area contributed by atoms with Crippen LogP contribution in [0.4, 0.5) is 11.4 Å². The lowest BCUT2D eigenvalue weighted by molar-refractivity contribution is 0.607. The monoisotopic (exact) mass is 288 g/mol. The van der Waals surface area contributed by atoms with Crippen LogP contribution in [-0.2, 0) is 10.0 Å². The molecule has 1 aromatic carbocycles. The van der Waals surface area contributed by atoms with Crippen LogP contribution in [0.2, 0.25) is 5.02 Å². The molecule has 0 radical (unpaired) electrons. The molecule has 0 aliphatic heterocycles. The van der Waals surface area contributed by atoms with Gasteiger partial charge in [-0.05, 0) is 43.9 Å². The minimum atomic E-state index is -3.29. The van der Waals surface area contributed by atoms with Crippen LogP contribution in [0.25, 0.3) is 0 Å². The Hall–Kier alpha value is -0.940. The first-order valence-corrected chi connectivity index (χ1v) is 8.16. The summed E-state index contributed by atoms with van der Waals surface area (Å²) >= 11 is 6.05. The molecule has 0 aromatic heterocycles. The normalized spacial score (nSPS) is 17.3. The van der Waals surface area contributed by atoms with Gasteiger partial charge < -0.3 is 5.32 Å². The molecule has 0 amide bonds. The fourth-order valence-corrected chi connectivity index (χ4v) is 2.73. The van der Waals surface area contributed by atoms with Gasteiger partial charge in [0.05, 0.1) is 17.0 Å². The zero-order valence-corrected chi connectivity index (χ0v) is 12.0. The Labute approximate surface area is 113 Å². The molecule has 1 aliphatic carbocycles. The Balaban J connectivity index is 2.09. The Bertz CT molecular complexity index is 541. The van der Waals surface area contributed by atoms with Gasteiger partial charge >= 0.3 is 0 Å². The number of nitrogens with one attached hydrogen (secondary N) is 2. The summed E-state index contributed by atoms with van der Waals surface area (Å²) in [6.45, 7) is 2.15. The third-order valence-electron chi connectivity index (χ3n) is 2.99. The quantitative estimate of drug-likeness (QED) is 0.876. The summed E-state index contributed by atoms with van der Waals surface area (Å²) in [5.41, 5.74) is 1.32. The van der Waals surface area contributed by atoms with Crippen molar-refractivity contribution >= 4 is 33.0 Å². The van der Waals surface area contributed by atoms with Crippen molar-refractivity contribution in [1.29, 1.82) is 0 Å². The first kappa shape index (κ1) is 13.5. The van der Waals surface area contributed by atoms with Crippen molar-refractivity contribution in [3.8, 4) is 0 Å². The molecule has 1 unspecified atom stereocenters. The summed E-state index contributed by atoms with van der Waals surface area (Å²) in [7, 11) is -3.29. The van der Waals surface area contributed by atoms with Gasteiger partial charge in [-0.25, -0.2) is 8.42 Å². The second-order valence-corrected chi connectivity index (χ2v) is 6.99. The third kappa shape index (κ3) is 3.78. The van der Waals surface area contributed by atoms with E-state index in [-0.39, 0.29) is 0 Å². The highest BCUT2D eigenvalue weighted by Gasteiger charge is 2.27. The molecule has 2 rings (SSSR count). The van der Waals surface area contributed by atoms with Gasteiger partial charge in [-0.1, -0.05) is 11.6 Å². The van der Waals surface area contributed by atoms with Gasteiger partial charge in [0.2, 0.25) is 10.0 Å². The first-order chi connectivity index (χ1) is 8.35. The summed E-state index contributed by atoms with van der Waals surface area (Å²) in [6, 6.07) is 5.67. The number of sulfonamides is 1. The summed E-state index contributed by atoms with van der Waals surface area (Å²) in [5.74, 6) is 0.748. The van der Waals surface area contributed by atoms with E-state index < -0.39 is 10.0 Å². The van der Waals surface area contributed by atoms with Crippen LogP contribution in [0, 0.1) is 5.92 Å². The predicted molar refractivity (Wildman–Crippen MR) is 75.7 cm³/mol. The van der Waals surface area contributed by atoms with Gasteiger partial charge in [0, 0.05) is 11.7 Å². The van der Waals surface area contributed by atoms with Crippen LogP contribution >= 0.6 is 11.6 Å². The van der Waals surface area contributed by atoms with Crippen LogP contribution in [-0.4, -0.2) is 20.7 Å². The Morgan fingerprint density at radius 2 is 2.06 bits per heavy atom. The lowest BCUT2D eigenvalue weighted by atomic mass is 10.2. The van der Waals surface area contributed by atoms with Crippen LogP contribution in [0.3, 0.4) is 0 Å². The van der Waals surface area contributed by atoms with E-state index in [4.69, 9.17) is 11.6 Å². The zero-order valence-electron chi connectivity index (χ0n) is 10.4. The third-order valence-corrected chi connectivity index (χ3v) is 3.89. The van der Waals surface area contributed by atoms with Gasteiger partial charge in [0.15, 0.2) is 0 Å². The van der Waals surface area contributed by atoms with Gasteiger partial charge in [0.25, 0.3) is 0 Å². The number of hydrogen-bond donors (Lipinski definition) is 2. The second kappa shape index (κ2) is 4.97. The Kier molecular flexibility index (Phi) is 3.73. The maximum atomic E-state index is 11.1. The molecule has 6 heteroatoms. The number of anilines is 2. The van der Waals surface area contributed by atoms with Crippen molar-refractivity contribution in [1.82, 2.24) is 0 Å². The van der Waals surface area contributed by atoms with E-state index in [2.05, 4.69) is 17.0 Å². The SMILES string of the molecule is CC(Nc1ccc(NS(C)(=O)=O)c(Cl)c1)C1CC1. The molecule has 1 aromatic rings. The summed E-state index contributed by atoms with van der Waals surface area (Å²) in [4.78, 5) is 0. The number of benzene rings is 1. The lowest BCUT2D eigenvalue weighted by Gasteiger charge is -2.15. The molecule has 1 saturated carbocycles. The van der Waals surface area contributed by atoms with Gasteiger partial charge in [-0.2, -0.15) is 0 Å². The molecule has 18 heavy (non-hydrogen) atoms. The maximum Gasteiger partial charge on any atom is 0.229 e. The largest absolute Gasteiger partial charge is 0.382 e. The Morgan fingerprint density at radius 1 is 1.39 bits per heavy atom. The van der Waals surface area contributed by atoms with Crippen LogP contribution in [0.1, 0.15) is 19.8 Å². The molecule has 100 valence electrons. The molecule has 1 atom stereocenters. The summed E-state index contributed by atoms with van der Waals surface area (Å²) in [5, 5.41) is 3.77. The molecule has 1 fully saturated rings. The molecule has 0 heterocycles. The molecule has 0 spiro atoms. The van der Waals surface area contributed by atoms with Gasteiger partial charge in [-0.3, -0.25) is 4.72 Å². The van der Waals surface area contributed by atoms with Gasteiger partial charge in [0.1, 0.15) is 0 Å². The van der Waals surface area contributed by atoms with Crippen molar-refractivity contribution in [2.75, 3.05) is 16.3 Å². The second-order valence-electron chi connectivity index (χ2n) is 4.84. The van der Waals surface area contributed by atoms with E-state index in [1.54, 1.807) is 12.1 Å². The predicted octanol–water partition coefficient (Wildman–Crippen LogP) is 2.92. The number of halogens is 1. The highest BCUT2D eigenvalue weighted by atomic mass is 35.5. The fraction of sp³-hybridized carbons (Fsp3) is 0.500. The smallest absolute Gasteiger partial charge is 0.229 e. The van der Waals surface area contributed by atoms with Crippen molar-refractivity contribution in [2.45, 2.75) is 25.8 Å². The summed E-state index contributed by atoms with van der Waals surface area (Å²) in [6.07, 6.45) is 3.65. The van der Waals surface area contributed by atoms with E-state index in [0.29, 0.717) is 16.8 Å². The van der Waals surface area contributed by atoms with Crippen LogP contribution < -0.4 is 10.0 Å². The minimum Gasteiger partial charge on any atom is -0.382 e. The number of rotatable bonds is 5. The molecule has 1 aliphatic rings. The fourth-order valence-electron chi connectivity index (χ4n) is 1.86. The minimum absolute atomic E-state index is 0.397. The highest BCUT2D eigenvalue weighted by Crippen LogP contribution is 2.34. The van der Waals surface area contributed by atoms with Crippen molar-refractivity contribution in [3.05, 3.63) is 23.2 Å². The maximum absolute atomic E-state index is 11.1. The van der Waals surface area contributed by atoms with E-state index in [0.717, 1.165) is 17.9 Å². The molecule has 2 N–H and O–H groups in total. The number of hydrogen-bond acceptors (Lipinski definition) is 3. The standard InChI is InChI=1S/C12H17ClN2O2S/c1-8(9-3-4-9)14-10-5-6-12(11(13)7-10)15-18(2,16)17/h5-9,14-15H,3-4H2,1-2H3. The van der Waals surface area contributed by atoms with E-state index in [1.165, 1.54) is 12.8 Å². The molecular weight excluding hydrogens is 272 g/mol. The van der Waals surface area contributed by atoms with Gasteiger partial charge in [-0.15, -0.1) is 0 Å². The Morgan fingerprint density at radius 3 is 2.56 bits per heavy atom. The van der Waals surface area contributed by atoms with Crippen molar-refractivity contribution in [2.24, 2.45) is 5.92 Å². The van der Waals surface area contributed by atoms with Crippen LogP contribution in [0.15, 0.2) is 18.2 Å². The average Bonchev–Trinajstić information content (AvgIpc) is 3.03. The molecule has 0 bridgehead atoms. The molecular formula is C12H17ClN2O2S. The van der Waals surface area contributed by atoms with E-state index in [9.17, 15) is 8.42 Å². The molecule has 0 saturated heterocycles. The lowest BCUT2D eigenvalue weighted by Crippen LogP contribution is -2.17. The zero-order chi connectivity index (χ0) is 13.3. The summed E-state index contributed by atoms with van der Waals surface area (Å²) < 4.78 is 24.6. The van der Waals surface area contributed by atoms with E-state index >= 15 is 0 Å². The topological polar surface area (TPSA) is 58.2 Å². The first-order valence-electron chi connectivity index (χ1n) is 5.89. The van der Waals surface area contributed by atoms with Crippen LogP contribution in [0.5, 0.6) is 0 Å². The van der Waals surface area contributed by atoms with Crippen molar-refractivity contribution in [3.63, 3.8) is 0 Å². The average molecular weight is 289 g/mol.